The zero-order chi connectivity index (χ0) is 18.9. The van der Waals surface area contributed by atoms with Gasteiger partial charge < -0.3 is 14.0 Å². The third kappa shape index (κ3) is 4.30. The number of fused-ring (bicyclic) bond motifs is 1. The molecule has 3 aromatic rings. The van der Waals surface area contributed by atoms with E-state index < -0.39 is 6.36 Å². The summed E-state index contributed by atoms with van der Waals surface area (Å²) in [6.45, 7) is 3.92. The van der Waals surface area contributed by atoms with Gasteiger partial charge in [-0.15, -0.1) is 13.2 Å². The van der Waals surface area contributed by atoms with Gasteiger partial charge in [0, 0.05) is 45.1 Å². The first-order valence-corrected chi connectivity index (χ1v) is 8.58. The molecule has 6 nitrogen and oxygen atoms in total. The van der Waals surface area contributed by atoms with E-state index in [0.717, 1.165) is 50.3 Å². The molecule has 142 valence electrons. The summed E-state index contributed by atoms with van der Waals surface area (Å²) in [5, 5.41) is 0. The van der Waals surface area contributed by atoms with Crippen LogP contribution < -0.4 is 9.64 Å². The molecule has 27 heavy (non-hydrogen) atoms. The summed E-state index contributed by atoms with van der Waals surface area (Å²) in [4.78, 5) is 13.1. The maximum Gasteiger partial charge on any atom is 0.573 e. The van der Waals surface area contributed by atoms with E-state index in [-0.39, 0.29) is 5.75 Å². The molecule has 4 rings (SSSR count). The summed E-state index contributed by atoms with van der Waals surface area (Å²) in [5.74, 6) is 0.341. The lowest BCUT2D eigenvalue weighted by atomic mass is 10.3. The van der Waals surface area contributed by atoms with Gasteiger partial charge in [-0.2, -0.15) is 0 Å². The first-order valence-electron chi connectivity index (χ1n) is 8.58. The molecule has 0 atom stereocenters. The molecule has 1 saturated heterocycles. The smallest absolute Gasteiger partial charge is 0.404 e. The number of hydrogen-bond acceptors (Lipinski definition) is 5. The van der Waals surface area contributed by atoms with Crippen molar-refractivity contribution >= 4 is 11.5 Å². The van der Waals surface area contributed by atoms with Crippen LogP contribution in [0.3, 0.4) is 0 Å². The number of imidazole rings is 1. The highest BCUT2D eigenvalue weighted by Gasteiger charge is 2.31. The predicted molar refractivity (Wildman–Crippen MR) is 93.6 cm³/mol. The van der Waals surface area contributed by atoms with Gasteiger partial charge >= 0.3 is 6.36 Å². The van der Waals surface area contributed by atoms with Crippen LogP contribution in [0.15, 0.2) is 48.9 Å². The number of pyridine rings is 2. The van der Waals surface area contributed by atoms with Gasteiger partial charge in [0.15, 0.2) is 0 Å². The van der Waals surface area contributed by atoms with Gasteiger partial charge in [-0.25, -0.2) is 9.97 Å². The van der Waals surface area contributed by atoms with Crippen LogP contribution in [-0.4, -0.2) is 51.8 Å². The molecule has 0 aliphatic carbocycles. The van der Waals surface area contributed by atoms with Gasteiger partial charge in [0.1, 0.15) is 17.2 Å². The molecular formula is C18H18F3N5O. The summed E-state index contributed by atoms with van der Waals surface area (Å²) >= 11 is 0. The van der Waals surface area contributed by atoms with Crippen molar-refractivity contribution in [1.29, 1.82) is 0 Å². The van der Waals surface area contributed by atoms with Crippen LogP contribution in [0.25, 0.3) is 5.65 Å². The fourth-order valence-electron chi connectivity index (χ4n) is 3.18. The Morgan fingerprint density at radius 1 is 1.04 bits per heavy atom. The van der Waals surface area contributed by atoms with Gasteiger partial charge in [-0.05, 0) is 24.3 Å². The lowest BCUT2D eigenvalue weighted by molar-refractivity contribution is -0.274. The van der Waals surface area contributed by atoms with E-state index in [0.29, 0.717) is 5.82 Å². The Balaban J connectivity index is 1.33. The van der Waals surface area contributed by atoms with Crippen LogP contribution in [0.2, 0.25) is 0 Å². The summed E-state index contributed by atoms with van der Waals surface area (Å²) in [5.41, 5.74) is 1.94. The van der Waals surface area contributed by atoms with Gasteiger partial charge in [-0.3, -0.25) is 4.90 Å². The Morgan fingerprint density at radius 3 is 2.52 bits per heavy atom. The number of rotatable bonds is 4. The van der Waals surface area contributed by atoms with Crippen molar-refractivity contribution in [3.8, 4) is 5.75 Å². The molecule has 0 spiro atoms. The number of anilines is 1. The predicted octanol–water partition coefficient (Wildman–Crippen LogP) is 2.95. The van der Waals surface area contributed by atoms with Gasteiger partial charge in [0.05, 0.1) is 11.9 Å². The minimum atomic E-state index is -4.70. The normalized spacial score (nSPS) is 16.0. The molecule has 0 N–H and O–H groups in total. The maximum absolute atomic E-state index is 12.2. The minimum absolute atomic E-state index is 0.309. The second-order valence-corrected chi connectivity index (χ2v) is 6.36. The molecule has 1 aliphatic heterocycles. The van der Waals surface area contributed by atoms with E-state index in [4.69, 9.17) is 0 Å². The monoisotopic (exact) mass is 377 g/mol. The Labute approximate surface area is 153 Å². The fourth-order valence-corrected chi connectivity index (χ4v) is 3.18. The van der Waals surface area contributed by atoms with Crippen molar-refractivity contribution < 1.29 is 17.9 Å². The molecule has 1 fully saturated rings. The molecule has 0 amide bonds. The van der Waals surface area contributed by atoms with Gasteiger partial charge in [0.25, 0.3) is 0 Å². The van der Waals surface area contributed by atoms with E-state index in [1.54, 1.807) is 6.07 Å². The lowest BCUT2D eigenvalue weighted by Crippen LogP contribution is -2.46. The van der Waals surface area contributed by atoms with Crippen molar-refractivity contribution in [2.75, 3.05) is 31.1 Å². The molecule has 0 bridgehead atoms. The van der Waals surface area contributed by atoms with Crippen LogP contribution >= 0.6 is 0 Å². The Morgan fingerprint density at radius 2 is 1.85 bits per heavy atom. The molecule has 0 aromatic carbocycles. The summed E-state index contributed by atoms with van der Waals surface area (Å²) in [7, 11) is 0. The number of piperazine rings is 1. The van der Waals surface area contributed by atoms with E-state index in [1.807, 2.05) is 35.0 Å². The number of ether oxygens (including phenoxy) is 1. The topological polar surface area (TPSA) is 45.9 Å². The summed E-state index contributed by atoms with van der Waals surface area (Å²) in [6.07, 6.45) is 0.406. The van der Waals surface area contributed by atoms with Crippen molar-refractivity contribution in [3.63, 3.8) is 0 Å². The number of nitrogens with zero attached hydrogens (tertiary/aromatic N) is 5. The van der Waals surface area contributed by atoms with E-state index in [2.05, 4.69) is 24.5 Å². The van der Waals surface area contributed by atoms with Crippen LogP contribution in [0.1, 0.15) is 5.69 Å². The van der Waals surface area contributed by atoms with Crippen molar-refractivity contribution in [2.24, 2.45) is 0 Å². The van der Waals surface area contributed by atoms with Gasteiger partial charge in [-0.1, -0.05) is 6.07 Å². The zero-order valence-corrected chi connectivity index (χ0v) is 14.4. The standard InChI is InChI=1S/C18H18F3N5O/c19-18(20,21)27-15-4-5-16(22-11-15)25-9-7-24(8-10-25)12-14-13-26-6-2-1-3-17(26)23-14/h1-6,11,13H,7-10,12H2. The molecule has 3 aromatic heterocycles. The number of hydrogen-bond donors (Lipinski definition) is 0. The maximum atomic E-state index is 12.2. The molecule has 4 heterocycles. The Bertz CT molecular complexity index is 868. The van der Waals surface area contributed by atoms with Crippen molar-refractivity contribution in [3.05, 3.63) is 54.6 Å². The van der Waals surface area contributed by atoms with Crippen LogP contribution in [0, 0.1) is 0 Å². The van der Waals surface area contributed by atoms with E-state index in [1.165, 1.54) is 6.07 Å². The third-order valence-corrected chi connectivity index (χ3v) is 4.45. The van der Waals surface area contributed by atoms with Crippen molar-refractivity contribution in [1.82, 2.24) is 19.3 Å². The molecular weight excluding hydrogens is 359 g/mol. The molecule has 0 unspecified atom stereocenters. The first-order chi connectivity index (χ1) is 13.0. The van der Waals surface area contributed by atoms with Crippen LogP contribution in [0.5, 0.6) is 5.75 Å². The summed E-state index contributed by atoms with van der Waals surface area (Å²) in [6, 6.07) is 8.75. The highest BCUT2D eigenvalue weighted by atomic mass is 19.4. The largest absolute Gasteiger partial charge is 0.573 e. The third-order valence-electron chi connectivity index (χ3n) is 4.45. The minimum Gasteiger partial charge on any atom is -0.404 e. The van der Waals surface area contributed by atoms with Gasteiger partial charge in [0.2, 0.25) is 0 Å². The quantitative estimate of drug-likeness (QED) is 0.700. The Kier molecular flexibility index (Phi) is 4.61. The second-order valence-electron chi connectivity index (χ2n) is 6.36. The molecule has 1 aliphatic rings. The lowest BCUT2D eigenvalue weighted by Gasteiger charge is -2.35. The number of alkyl halides is 3. The molecule has 0 saturated carbocycles. The van der Waals surface area contributed by atoms with Crippen LogP contribution in [0.4, 0.5) is 19.0 Å². The Hall–Kier alpha value is -2.81. The van der Waals surface area contributed by atoms with E-state index in [9.17, 15) is 13.2 Å². The number of aromatic nitrogens is 3. The zero-order valence-electron chi connectivity index (χ0n) is 14.4. The van der Waals surface area contributed by atoms with Crippen LogP contribution in [-0.2, 0) is 6.54 Å². The summed E-state index contributed by atoms with van der Waals surface area (Å²) < 4.78 is 42.5. The van der Waals surface area contributed by atoms with E-state index >= 15 is 0 Å². The molecule has 0 radical (unpaired) electrons. The fraction of sp³-hybridized carbons (Fsp3) is 0.333. The average Bonchev–Trinajstić information content (AvgIpc) is 3.04. The number of halogens is 3. The highest BCUT2D eigenvalue weighted by molar-refractivity contribution is 5.42. The van der Waals surface area contributed by atoms with Crippen molar-refractivity contribution in [2.45, 2.75) is 12.9 Å². The first kappa shape index (κ1) is 17.6. The second kappa shape index (κ2) is 7.07. The SMILES string of the molecule is FC(F)(F)Oc1ccc(N2CCN(Cc3cn4ccccc4n3)CC2)nc1. The highest BCUT2D eigenvalue weighted by Crippen LogP contribution is 2.24. The average molecular weight is 377 g/mol. The molecule has 9 heteroatoms.